The van der Waals surface area contributed by atoms with Crippen molar-refractivity contribution in [3.63, 3.8) is 0 Å². The van der Waals surface area contributed by atoms with Gasteiger partial charge in [0.05, 0.1) is 17.2 Å². The van der Waals surface area contributed by atoms with E-state index in [1.165, 1.54) is 16.9 Å². The number of carbonyl (C=O) groups is 1. The molecule has 0 bridgehead atoms. The number of hydrogen-bond acceptors (Lipinski definition) is 6. The van der Waals surface area contributed by atoms with Crippen LogP contribution >= 0.6 is 0 Å². The molecule has 9 nitrogen and oxygen atoms in total. The van der Waals surface area contributed by atoms with Crippen molar-refractivity contribution < 1.29 is 14.5 Å². The molecular formula is C22H19N5O4. The number of hydrogen-bond donors (Lipinski definition) is 1. The molecule has 31 heavy (non-hydrogen) atoms. The second kappa shape index (κ2) is 8.23. The normalized spacial score (nSPS) is 10.8. The molecule has 0 saturated carbocycles. The maximum atomic E-state index is 12.7. The quantitative estimate of drug-likeness (QED) is 0.370. The van der Waals surface area contributed by atoms with E-state index in [9.17, 15) is 14.9 Å². The maximum absolute atomic E-state index is 12.7. The fourth-order valence-electron chi connectivity index (χ4n) is 3.22. The first-order valence-corrected chi connectivity index (χ1v) is 9.62. The zero-order chi connectivity index (χ0) is 22.0. The highest BCUT2D eigenvalue weighted by Gasteiger charge is 2.18. The fourth-order valence-corrected chi connectivity index (χ4v) is 3.22. The lowest BCUT2D eigenvalue weighted by Gasteiger charge is -2.07. The number of nitrogens with zero attached hydrogens (tertiary/aromatic N) is 4. The van der Waals surface area contributed by atoms with Gasteiger partial charge in [-0.25, -0.2) is 0 Å². The van der Waals surface area contributed by atoms with E-state index >= 15 is 0 Å². The van der Waals surface area contributed by atoms with Crippen LogP contribution < -0.4 is 10.1 Å². The van der Waals surface area contributed by atoms with Gasteiger partial charge < -0.3 is 10.1 Å². The second-order valence-electron chi connectivity index (χ2n) is 6.78. The SMILES string of the molecule is CCOc1ccc(-n2nc3ccc(NC(=O)c4cccc([N+](=O)[O-])c4C)cc3n2)cc1. The summed E-state index contributed by atoms with van der Waals surface area (Å²) in [5.74, 6) is 0.337. The Morgan fingerprint density at radius 3 is 2.55 bits per heavy atom. The van der Waals surface area contributed by atoms with Crippen molar-refractivity contribution in [2.45, 2.75) is 13.8 Å². The molecule has 0 unspecified atom stereocenters. The summed E-state index contributed by atoms with van der Waals surface area (Å²) in [6.45, 7) is 4.07. The molecule has 0 radical (unpaired) electrons. The van der Waals surface area contributed by atoms with E-state index in [1.54, 1.807) is 31.2 Å². The number of anilines is 1. The van der Waals surface area contributed by atoms with Crippen LogP contribution in [-0.2, 0) is 0 Å². The number of aromatic nitrogens is 3. The Kier molecular flexibility index (Phi) is 5.31. The summed E-state index contributed by atoms with van der Waals surface area (Å²) < 4.78 is 5.45. The molecule has 0 saturated heterocycles. The molecule has 4 aromatic rings. The van der Waals surface area contributed by atoms with Crippen LogP contribution in [-0.4, -0.2) is 32.4 Å². The molecule has 4 rings (SSSR count). The first-order chi connectivity index (χ1) is 15.0. The van der Waals surface area contributed by atoms with Crippen molar-refractivity contribution in [1.29, 1.82) is 0 Å². The predicted molar refractivity (Wildman–Crippen MR) is 116 cm³/mol. The number of nitrogens with one attached hydrogen (secondary N) is 1. The van der Waals surface area contributed by atoms with Crippen LogP contribution in [0.5, 0.6) is 5.75 Å². The summed E-state index contributed by atoms with van der Waals surface area (Å²) in [5, 5.41) is 22.8. The highest BCUT2D eigenvalue weighted by molar-refractivity contribution is 6.06. The largest absolute Gasteiger partial charge is 0.494 e. The number of nitro groups is 1. The number of ether oxygens (including phenoxy) is 1. The van der Waals surface area contributed by atoms with Gasteiger partial charge in [-0.05, 0) is 62.4 Å². The van der Waals surface area contributed by atoms with Gasteiger partial charge >= 0.3 is 0 Å². The maximum Gasteiger partial charge on any atom is 0.273 e. The average molecular weight is 417 g/mol. The topological polar surface area (TPSA) is 112 Å². The molecule has 0 aliphatic heterocycles. The molecule has 0 fully saturated rings. The smallest absolute Gasteiger partial charge is 0.273 e. The highest BCUT2D eigenvalue weighted by atomic mass is 16.6. The summed E-state index contributed by atoms with van der Waals surface area (Å²) in [4.78, 5) is 24.8. The number of benzene rings is 3. The van der Waals surface area contributed by atoms with Crippen molar-refractivity contribution in [2.75, 3.05) is 11.9 Å². The van der Waals surface area contributed by atoms with Crippen molar-refractivity contribution in [1.82, 2.24) is 15.0 Å². The lowest BCUT2D eigenvalue weighted by atomic mass is 10.1. The Bertz CT molecular complexity index is 1280. The lowest BCUT2D eigenvalue weighted by Crippen LogP contribution is -2.14. The molecule has 0 atom stereocenters. The van der Waals surface area contributed by atoms with E-state index in [2.05, 4.69) is 15.5 Å². The Morgan fingerprint density at radius 1 is 1.10 bits per heavy atom. The van der Waals surface area contributed by atoms with Crippen molar-refractivity contribution in [2.24, 2.45) is 0 Å². The van der Waals surface area contributed by atoms with E-state index in [1.807, 2.05) is 31.2 Å². The highest BCUT2D eigenvalue weighted by Crippen LogP contribution is 2.23. The summed E-state index contributed by atoms with van der Waals surface area (Å²) in [5.41, 5.74) is 3.02. The molecule has 9 heteroatoms. The van der Waals surface area contributed by atoms with Gasteiger partial charge in [0, 0.05) is 22.9 Å². The molecule has 1 heterocycles. The number of fused-ring (bicyclic) bond motifs is 1. The zero-order valence-electron chi connectivity index (χ0n) is 16.9. The van der Waals surface area contributed by atoms with Crippen LogP contribution in [0.1, 0.15) is 22.8 Å². The zero-order valence-corrected chi connectivity index (χ0v) is 16.9. The van der Waals surface area contributed by atoms with Crippen LogP contribution in [0.15, 0.2) is 60.7 Å². The third-order valence-electron chi connectivity index (χ3n) is 4.76. The Morgan fingerprint density at radius 2 is 1.84 bits per heavy atom. The Balaban J connectivity index is 1.58. The molecule has 1 amide bonds. The average Bonchev–Trinajstić information content (AvgIpc) is 3.18. The lowest BCUT2D eigenvalue weighted by molar-refractivity contribution is -0.385. The number of amides is 1. The van der Waals surface area contributed by atoms with Crippen LogP contribution in [0.25, 0.3) is 16.7 Å². The van der Waals surface area contributed by atoms with Crippen molar-refractivity contribution >= 4 is 28.3 Å². The van der Waals surface area contributed by atoms with E-state index in [4.69, 9.17) is 4.74 Å². The molecule has 156 valence electrons. The minimum absolute atomic E-state index is 0.0959. The van der Waals surface area contributed by atoms with E-state index < -0.39 is 10.8 Å². The monoisotopic (exact) mass is 417 g/mol. The molecule has 3 aromatic carbocycles. The van der Waals surface area contributed by atoms with Crippen molar-refractivity contribution in [3.8, 4) is 11.4 Å². The molecule has 1 N–H and O–H groups in total. The predicted octanol–water partition coefficient (Wildman–Crippen LogP) is 4.29. The minimum atomic E-state index is -0.503. The standard InChI is InChI=1S/C22H19N5O4/c1-3-31-17-10-8-16(9-11-17)26-24-19-12-7-15(13-20(19)25-26)23-22(28)18-5-4-6-21(14(18)2)27(29)30/h4-13H,3H2,1-2H3,(H,23,28). The first kappa shape index (κ1) is 20.0. The van der Waals surface area contributed by atoms with E-state index in [0.29, 0.717) is 28.9 Å². The van der Waals surface area contributed by atoms with Crippen molar-refractivity contribution in [3.05, 3.63) is 81.9 Å². The summed E-state index contributed by atoms with van der Waals surface area (Å²) in [6.07, 6.45) is 0. The fraction of sp³-hybridized carbons (Fsp3) is 0.136. The van der Waals surface area contributed by atoms with Gasteiger partial charge in [0.25, 0.3) is 11.6 Å². The van der Waals surface area contributed by atoms with Gasteiger partial charge in [-0.1, -0.05) is 6.07 Å². The number of rotatable bonds is 6. The number of nitro benzene ring substituents is 1. The Labute approximate surface area is 177 Å². The third-order valence-corrected chi connectivity index (χ3v) is 4.76. The van der Waals surface area contributed by atoms with Crippen LogP contribution in [0.4, 0.5) is 11.4 Å². The first-order valence-electron chi connectivity index (χ1n) is 9.62. The van der Waals surface area contributed by atoms with Crippen LogP contribution in [0.3, 0.4) is 0 Å². The third kappa shape index (κ3) is 4.06. The van der Waals surface area contributed by atoms with Gasteiger partial charge in [0.15, 0.2) is 0 Å². The molecular weight excluding hydrogens is 398 g/mol. The summed E-state index contributed by atoms with van der Waals surface area (Å²) >= 11 is 0. The van der Waals surface area contributed by atoms with Gasteiger partial charge in [-0.2, -0.15) is 4.80 Å². The van der Waals surface area contributed by atoms with Crippen LogP contribution in [0.2, 0.25) is 0 Å². The minimum Gasteiger partial charge on any atom is -0.494 e. The van der Waals surface area contributed by atoms with Gasteiger partial charge in [-0.3, -0.25) is 14.9 Å². The molecule has 0 aliphatic carbocycles. The summed E-state index contributed by atoms with van der Waals surface area (Å²) in [7, 11) is 0. The van der Waals surface area contributed by atoms with Crippen LogP contribution in [0, 0.1) is 17.0 Å². The van der Waals surface area contributed by atoms with E-state index in [-0.39, 0.29) is 11.3 Å². The molecule has 1 aromatic heterocycles. The molecule has 0 aliphatic rings. The van der Waals surface area contributed by atoms with Gasteiger partial charge in [0.1, 0.15) is 16.8 Å². The Hall–Kier alpha value is -4.27. The molecule has 0 spiro atoms. The summed E-state index contributed by atoms with van der Waals surface area (Å²) in [6, 6.07) is 17.0. The second-order valence-corrected chi connectivity index (χ2v) is 6.78. The van der Waals surface area contributed by atoms with Gasteiger partial charge in [0.2, 0.25) is 0 Å². The number of carbonyl (C=O) groups excluding carboxylic acids is 1. The van der Waals surface area contributed by atoms with Gasteiger partial charge in [-0.15, -0.1) is 10.2 Å². The van der Waals surface area contributed by atoms with E-state index in [0.717, 1.165) is 11.4 Å².